The van der Waals surface area contributed by atoms with E-state index in [4.69, 9.17) is 5.10 Å². The van der Waals surface area contributed by atoms with E-state index >= 15 is 0 Å². The Bertz CT molecular complexity index is 693. The van der Waals surface area contributed by atoms with Gasteiger partial charge in [-0.05, 0) is 60.5 Å². The van der Waals surface area contributed by atoms with Gasteiger partial charge in [-0.15, -0.1) is 5.10 Å². The third-order valence-corrected chi connectivity index (χ3v) is 6.52. The molecule has 23 heavy (non-hydrogen) atoms. The van der Waals surface area contributed by atoms with Gasteiger partial charge in [0.25, 0.3) is 0 Å². The standard InChI is InChI=1S/C18H25BrN4/c1-2-18(9-6-10-18)21-17-20-12-16-14(19)11-15(23(16)22-17)13-7-4-3-5-8-13/h11-13H,2-10H2,1H3,(H,21,22). The average molecular weight is 377 g/mol. The molecule has 0 atom stereocenters. The third kappa shape index (κ3) is 2.77. The van der Waals surface area contributed by atoms with Gasteiger partial charge >= 0.3 is 0 Å². The number of hydrogen-bond acceptors (Lipinski definition) is 3. The van der Waals surface area contributed by atoms with Crippen molar-refractivity contribution < 1.29 is 0 Å². The van der Waals surface area contributed by atoms with Gasteiger partial charge in [-0.2, -0.15) is 0 Å². The highest BCUT2D eigenvalue weighted by Crippen LogP contribution is 2.38. The molecule has 0 unspecified atom stereocenters. The summed E-state index contributed by atoms with van der Waals surface area (Å²) in [6.45, 7) is 2.25. The van der Waals surface area contributed by atoms with Gasteiger partial charge in [0, 0.05) is 21.6 Å². The maximum Gasteiger partial charge on any atom is 0.241 e. The van der Waals surface area contributed by atoms with Crippen molar-refractivity contribution in [2.75, 3.05) is 5.32 Å². The number of halogens is 1. The van der Waals surface area contributed by atoms with Crippen LogP contribution in [0.15, 0.2) is 16.7 Å². The molecule has 4 rings (SSSR count). The molecule has 0 amide bonds. The maximum atomic E-state index is 4.85. The zero-order chi connectivity index (χ0) is 15.9. The molecule has 1 N–H and O–H groups in total. The van der Waals surface area contributed by atoms with E-state index in [1.54, 1.807) is 0 Å². The Hall–Kier alpha value is -1.10. The van der Waals surface area contributed by atoms with Gasteiger partial charge in [0.05, 0.1) is 11.7 Å². The van der Waals surface area contributed by atoms with E-state index in [1.807, 2.05) is 6.20 Å². The van der Waals surface area contributed by atoms with Crippen LogP contribution in [0, 0.1) is 0 Å². The van der Waals surface area contributed by atoms with E-state index in [-0.39, 0.29) is 5.54 Å². The molecule has 4 nitrogen and oxygen atoms in total. The predicted octanol–water partition coefficient (Wildman–Crippen LogP) is 5.28. The number of rotatable bonds is 4. The van der Waals surface area contributed by atoms with Crippen LogP contribution in [0.3, 0.4) is 0 Å². The second kappa shape index (κ2) is 6.08. The second-order valence-corrected chi connectivity index (χ2v) is 8.10. The number of fused-ring (bicyclic) bond motifs is 1. The van der Waals surface area contributed by atoms with E-state index in [0.717, 1.165) is 22.4 Å². The quantitative estimate of drug-likeness (QED) is 0.788. The SMILES string of the molecule is CCC1(Nc2ncc3c(Br)cc(C4CCCCC4)n3n2)CCC1. The molecule has 0 radical (unpaired) electrons. The molecule has 0 spiro atoms. The summed E-state index contributed by atoms with van der Waals surface area (Å²) in [6.07, 6.45) is 13.5. The minimum absolute atomic E-state index is 0.225. The van der Waals surface area contributed by atoms with E-state index in [2.05, 4.69) is 43.7 Å². The molecule has 2 aromatic rings. The summed E-state index contributed by atoms with van der Waals surface area (Å²) >= 11 is 3.69. The first kappa shape index (κ1) is 15.4. The van der Waals surface area contributed by atoms with Gasteiger partial charge in [-0.25, -0.2) is 9.50 Å². The molecule has 2 aliphatic rings. The fraction of sp³-hybridized carbons (Fsp3) is 0.667. The van der Waals surface area contributed by atoms with Crippen LogP contribution in [0.2, 0.25) is 0 Å². The summed E-state index contributed by atoms with van der Waals surface area (Å²) in [5.41, 5.74) is 2.65. The molecule has 2 aromatic heterocycles. The van der Waals surface area contributed by atoms with Crippen molar-refractivity contribution in [3.63, 3.8) is 0 Å². The van der Waals surface area contributed by atoms with E-state index in [1.165, 1.54) is 57.1 Å². The fourth-order valence-electron chi connectivity index (χ4n) is 4.13. The highest BCUT2D eigenvalue weighted by atomic mass is 79.9. The molecular weight excluding hydrogens is 352 g/mol. The van der Waals surface area contributed by atoms with Crippen LogP contribution in [0.4, 0.5) is 5.95 Å². The van der Waals surface area contributed by atoms with Crippen LogP contribution in [0.25, 0.3) is 5.52 Å². The zero-order valence-corrected chi connectivity index (χ0v) is 15.4. The number of hydrogen-bond donors (Lipinski definition) is 1. The average Bonchev–Trinajstić information content (AvgIpc) is 2.88. The van der Waals surface area contributed by atoms with E-state index < -0.39 is 0 Å². The fourth-order valence-corrected chi connectivity index (χ4v) is 4.63. The van der Waals surface area contributed by atoms with Crippen molar-refractivity contribution in [1.29, 1.82) is 0 Å². The first-order chi connectivity index (χ1) is 11.2. The highest BCUT2D eigenvalue weighted by molar-refractivity contribution is 9.10. The van der Waals surface area contributed by atoms with Crippen LogP contribution >= 0.6 is 15.9 Å². The first-order valence-corrected chi connectivity index (χ1v) is 9.82. The third-order valence-electron chi connectivity index (χ3n) is 5.88. The maximum absolute atomic E-state index is 4.85. The van der Waals surface area contributed by atoms with Crippen LogP contribution in [-0.2, 0) is 0 Å². The topological polar surface area (TPSA) is 42.2 Å². The molecular formula is C18H25BrN4. The summed E-state index contributed by atoms with van der Waals surface area (Å²) < 4.78 is 3.23. The van der Waals surface area contributed by atoms with Crippen molar-refractivity contribution >= 4 is 27.4 Å². The highest BCUT2D eigenvalue weighted by Gasteiger charge is 2.35. The van der Waals surface area contributed by atoms with E-state index in [9.17, 15) is 0 Å². The van der Waals surface area contributed by atoms with Crippen LogP contribution < -0.4 is 5.32 Å². The largest absolute Gasteiger partial charge is 0.348 e. The summed E-state index contributed by atoms with van der Waals surface area (Å²) in [6, 6.07) is 2.25. The minimum atomic E-state index is 0.225. The van der Waals surface area contributed by atoms with E-state index in [0.29, 0.717) is 5.92 Å². The summed E-state index contributed by atoms with van der Waals surface area (Å²) in [5.74, 6) is 1.41. The Kier molecular flexibility index (Phi) is 4.08. The van der Waals surface area contributed by atoms with Crippen molar-refractivity contribution in [2.45, 2.75) is 76.2 Å². The Labute approximate surface area is 146 Å². The molecule has 2 fully saturated rings. The van der Waals surface area contributed by atoms with Crippen LogP contribution in [0.5, 0.6) is 0 Å². The summed E-state index contributed by atoms with van der Waals surface area (Å²) in [7, 11) is 0. The van der Waals surface area contributed by atoms with Gasteiger partial charge in [-0.3, -0.25) is 0 Å². The Morgan fingerprint density at radius 1 is 1.26 bits per heavy atom. The van der Waals surface area contributed by atoms with Gasteiger partial charge < -0.3 is 5.32 Å². The monoisotopic (exact) mass is 376 g/mol. The molecule has 5 heteroatoms. The normalized spacial score (nSPS) is 21.3. The number of nitrogens with zero attached hydrogens (tertiary/aromatic N) is 3. The first-order valence-electron chi connectivity index (χ1n) is 9.03. The predicted molar refractivity (Wildman–Crippen MR) is 97.0 cm³/mol. The lowest BCUT2D eigenvalue weighted by molar-refractivity contribution is 0.267. The Morgan fingerprint density at radius 3 is 2.70 bits per heavy atom. The summed E-state index contributed by atoms with van der Waals surface area (Å²) in [5, 5.41) is 8.47. The van der Waals surface area contributed by atoms with Crippen molar-refractivity contribution in [1.82, 2.24) is 14.6 Å². The van der Waals surface area contributed by atoms with Gasteiger partial charge in [0.2, 0.25) is 5.95 Å². The van der Waals surface area contributed by atoms with Crippen molar-refractivity contribution in [2.24, 2.45) is 0 Å². The molecule has 2 heterocycles. The Balaban J connectivity index is 1.69. The molecule has 0 bridgehead atoms. The zero-order valence-electron chi connectivity index (χ0n) is 13.8. The number of nitrogens with one attached hydrogen (secondary N) is 1. The van der Waals surface area contributed by atoms with Crippen molar-refractivity contribution in [3.8, 4) is 0 Å². The lowest BCUT2D eigenvalue weighted by Gasteiger charge is -2.41. The molecule has 124 valence electrons. The Morgan fingerprint density at radius 2 is 2.04 bits per heavy atom. The smallest absolute Gasteiger partial charge is 0.241 e. The van der Waals surface area contributed by atoms with Gasteiger partial charge in [-0.1, -0.05) is 26.2 Å². The van der Waals surface area contributed by atoms with Gasteiger partial charge in [0.15, 0.2) is 0 Å². The van der Waals surface area contributed by atoms with Gasteiger partial charge in [0.1, 0.15) is 0 Å². The summed E-state index contributed by atoms with van der Waals surface area (Å²) in [4.78, 5) is 4.57. The molecule has 2 saturated carbocycles. The lowest BCUT2D eigenvalue weighted by atomic mass is 9.75. The number of anilines is 1. The van der Waals surface area contributed by atoms with Crippen LogP contribution in [0.1, 0.15) is 76.3 Å². The molecule has 0 saturated heterocycles. The van der Waals surface area contributed by atoms with Crippen molar-refractivity contribution in [3.05, 3.63) is 22.4 Å². The number of aromatic nitrogens is 3. The lowest BCUT2D eigenvalue weighted by Crippen LogP contribution is -2.44. The van der Waals surface area contributed by atoms with Crippen LogP contribution in [-0.4, -0.2) is 20.1 Å². The second-order valence-electron chi connectivity index (χ2n) is 7.24. The molecule has 0 aromatic carbocycles. The molecule has 2 aliphatic carbocycles. The minimum Gasteiger partial charge on any atom is -0.348 e. The molecule has 0 aliphatic heterocycles.